The van der Waals surface area contributed by atoms with Gasteiger partial charge in [-0.05, 0) is 17.7 Å². The zero-order valence-corrected chi connectivity index (χ0v) is 16.0. The van der Waals surface area contributed by atoms with Crippen molar-refractivity contribution >= 4 is 17.5 Å². The summed E-state index contributed by atoms with van der Waals surface area (Å²) in [5.74, 6) is 2.79. The third kappa shape index (κ3) is 4.07. The standard InChI is InChI=1S/C21H22N6O2/c1-2-4-16(5-3-1)14-26-8-10-27(11-9-26)21-24-20(13-22-25-21)23-17-6-7-18-19(12-17)29-15-28-18/h1-7,12-13H,8-11,14-15H2,(H,23,24,25). The average Bonchev–Trinajstić information content (AvgIpc) is 3.23. The van der Waals surface area contributed by atoms with Crippen molar-refractivity contribution in [2.75, 3.05) is 43.2 Å². The van der Waals surface area contributed by atoms with E-state index in [0.29, 0.717) is 11.8 Å². The summed E-state index contributed by atoms with van der Waals surface area (Å²) in [4.78, 5) is 9.28. The minimum absolute atomic E-state index is 0.258. The minimum atomic E-state index is 0.258. The Morgan fingerprint density at radius 2 is 1.76 bits per heavy atom. The molecular formula is C21H22N6O2. The highest BCUT2D eigenvalue weighted by Crippen LogP contribution is 2.34. The molecule has 29 heavy (non-hydrogen) atoms. The maximum atomic E-state index is 5.42. The van der Waals surface area contributed by atoms with Gasteiger partial charge in [-0.15, -0.1) is 5.10 Å². The lowest BCUT2D eigenvalue weighted by Crippen LogP contribution is -2.46. The molecule has 1 fully saturated rings. The molecular weight excluding hydrogens is 368 g/mol. The molecule has 0 atom stereocenters. The number of hydrogen-bond donors (Lipinski definition) is 1. The molecule has 0 aliphatic carbocycles. The lowest BCUT2D eigenvalue weighted by molar-refractivity contribution is 0.174. The Hall–Kier alpha value is -3.39. The van der Waals surface area contributed by atoms with Crippen molar-refractivity contribution < 1.29 is 9.47 Å². The molecule has 8 heteroatoms. The van der Waals surface area contributed by atoms with Crippen LogP contribution in [0, 0.1) is 0 Å². The van der Waals surface area contributed by atoms with E-state index >= 15 is 0 Å². The largest absolute Gasteiger partial charge is 0.454 e. The van der Waals surface area contributed by atoms with E-state index in [9.17, 15) is 0 Å². The summed E-state index contributed by atoms with van der Waals surface area (Å²) in [5, 5.41) is 11.6. The molecule has 0 saturated carbocycles. The van der Waals surface area contributed by atoms with Gasteiger partial charge in [0, 0.05) is 44.5 Å². The van der Waals surface area contributed by atoms with Crippen LogP contribution in [0.2, 0.25) is 0 Å². The van der Waals surface area contributed by atoms with E-state index in [1.165, 1.54) is 5.56 Å². The molecule has 148 valence electrons. The van der Waals surface area contributed by atoms with Crippen LogP contribution in [-0.2, 0) is 6.54 Å². The first-order valence-electron chi connectivity index (χ1n) is 9.71. The number of rotatable bonds is 5. The molecule has 0 bridgehead atoms. The Morgan fingerprint density at radius 3 is 2.62 bits per heavy atom. The van der Waals surface area contributed by atoms with Gasteiger partial charge in [-0.1, -0.05) is 30.3 Å². The fourth-order valence-corrected chi connectivity index (χ4v) is 3.56. The van der Waals surface area contributed by atoms with Gasteiger partial charge in [0.1, 0.15) is 0 Å². The highest BCUT2D eigenvalue weighted by molar-refractivity contribution is 5.62. The monoisotopic (exact) mass is 390 g/mol. The first-order valence-corrected chi connectivity index (χ1v) is 9.71. The van der Waals surface area contributed by atoms with Crippen LogP contribution in [0.3, 0.4) is 0 Å². The lowest BCUT2D eigenvalue weighted by Gasteiger charge is -2.34. The van der Waals surface area contributed by atoms with Gasteiger partial charge in [0.25, 0.3) is 0 Å². The van der Waals surface area contributed by atoms with E-state index in [1.807, 2.05) is 18.2 Å². The molecule has 1 aromatic heterocycles. The topological polar surface area (TPSA) is 75.6 Å². The first-order chi connectivity index (χ1) is 14.3. The maximum absolute atomic E-state index is 5.42. The number of hydrogen-bond acceptors (Lipinski definition) is 8. The predicted molar refractivity (Wildman–Crippen MR) is 110 cm³/mol. The Morgan fingerprint density at radius 1 is 0.931 bits per heavy atom. The van der Waals surface area contributed by atoms with E-state index in [2.05, 4.69) is 60.6 Å². The fraction of sp³-hybridized carbons (Fsp3) is 0.286. The average molecular weight is 390 g/mol. The van der Waals surface area contributed by atoms with Crippen LogP contribution in [-0.4, -0.2) is 53.1 Å². The number of benzene rings is 2. The van der Waals surface area contributed by atoms with Gasteiger partial charge in [0.05, 0.1) is 6.20 Å². The molecule has 1 N–H and O–H groups in total. The van der Waals surface area contributed by atoms with Crippen molar-refractivity contribution in [3.05, 3.63) is 60.3 Å². The van der Waals surface area contributed by atoms with Crippen molar-refractivity contribution in [1.29, 1.82) is 0 Å². The molecule has 1 saturated heterocycles. The zero-order chi connectivity index (χ0) is 19.5. The molecule has 0 spiro atoms. The van der Waals surface area contributed by atoms with Crippen LogP contribution in [0.25, 0.3) is 0 Å². The summed E-state index contributed by atoms with van der Waals surface area (Å²) in [6, 6.07) is 16.3. The van der Waals surface area contributed by atoms with Crippen molar-refractivity contribution in [3.63, 3.8) is 0 Å². The smallest absolute Gasteiger partial charge is 0.247 e. The van der Waals surface area contributed by atoms with E-state index < -0.39 is 0 Å². The summed E-state index contributed by atoms with van der Waals surface area (Å²) < 4.78 is 10.8. The third-order valence-electron chi connectivity index (χ3n) is 5.10. The molecule has 3 heterocycles. The second kappa shape index (κ2) is 7.92. The molecule has 2 aliphatic rings. The van der Waals surface area contributed by atoms with Crippen molar-refractivity contribution in [3.8, 4) is 11.5 Å². The number of nitrogens with one attached hydrogen (secondary N) is 1. The number of ether oxygens (including phenoxy) is 2. The fourth-order valence-electron chi connectivity index (χ4n) is 3.56. The second-order valence-electron chi connectivity index (χ2n) is 7.08. The zero-order valence-electron chi connectivity index (χ0n) is 16.0. The van der Waals surface area contributed by atoms with Crippen molar-refractivity contribution in [2.24, 2.45) is 0 Å². The molecule has 5 rings (SSSR count). The second-order valence-corrected chi connectivity index (χ2v) is 7.08. The van der Waals surface area contributed by atoms with Gasteiger partial charge in [0.2, 0.25) is 12.7 Å². The summed E-state index contributed by atoms with van der Waals surface area (Å²) in [5.41, 5.74) is 2.21. The highest BCUT2D eigenvalue weighted by Gasteiger charge is 2.20. The number of anilines is 3. The molecule has 2 aromatic carbocycles. The third-order valence-corrected chi connectivity index (χ3v) is 5.10. The Labute approximate surface area is 169 Å². The molecule has 2 aliphatic heterocycles. The van der Waals surface area contributed by atoms with E-state index in [0.717, 1.165) is 49.9 Å². The normalized spacial score (nSPS) is 16.1. The van der Waals surface area contributed by atoms with Gasteiger partial charge < -0.3 is 19.7 Å². The molecule has 0 radical (unpaired) electrons. The predicted octanol–water partition coefficient (Wildman–Crippen LogP) is 2.67. The molecule has 0 unspecified atom stereocenters. The van der Waals surface area contributed by atoms with Crippen LogP contribution in [0.4, 0.5) is 17.5 Å². The Balaban J connectivity index is 1.21. The van der Waals surface area contributed by atoms with Crippen molar-refractivity contribution in [1.82, 2.24) is 20.1 Å². The van der Waals surface area contributed by atoms with E-state index in [4.69, 9.17) is 9.47 Å². The van der Waals surface area contributed by atoms with Crippen LogP contribution in [0.15, 0.2) is 54.7 Å². The lowest BCUT2D eigenvalue weighted by atomic mass is 10.2. The first kappa shape index (κ1) is 17.7. The number of piperazine rings is 1. The van der Waals surface area contributed by atoms with Gasteiger partial charge >= 0.3 is 0 Å². The Bertz CT molecular complexity index is 976. The van der Waals surface area contributed by atoms with Crippen LogP contribution in [0.5, 0.6) is 11.5 Å². The highest BCUT2D eigenvalue weighted by atomic mass is 16.7. The molecule has 3 aromatic rings. The van der Waals surface area contributed by atoms with Crippen LogP contribution >= 0.6 is 0 Å². The number of aromatic nitrogens is 3. The maximum Gasteiger partial charge on any atom is 0.247 e. The summed E-state index contributed by atoms with van der Waals surface area (Å²) in [6.45, 7) is 4.92. The minimum Gasteiger partial charge on any atom is -0.454 e. The van der Waals surface area contributed by atoms with Gasteiger partial charge in [-0.2, -0.15) is 10.1 Å². The number of nitrogens with zero attached hydrogens (tertiary/aromatic N) is 5. The van der Waals surface area contributed by atoms with Gasteiger partial charge in [-0.3, -0.25) is 4.90 Å². The summed E-state index contributed by atoms with van der Waals surface area (Å²) in [6.07, 6.45) is 1.62. The van der Waals surface area contributed by atoms with Gasteiger partial charge in [0.15, 0.2) is 17.3 Å². The van der Waals surface area contributed by atoms with Crippen LogP contribution < -0.4 is 19.7 Å². The number of fused-ring (bicyclic) bond motifs is 1. The Kier molecular flexibility index (Phi) is 4.83. The van der Waals surface area contributed by atoms with Gasteiger partial charge in [-0.25, -0.2) is 0 Å². The quantitative estimate of drug-likeness (QED) is 0.713. The van der Waals surface area contributed by atoms with E-state index in [-0.39, 0.29) is 6.79 Å². The molecule has 0 amide bonds. The van der Waals surface area contributed by atoms with E-state index in [1.54, 1.807) is 6.20 Å². The summed E-state index contributed by atoms with van der Waals surface area (Å²) in [7, 11) is 0. The van der Waals surface area contributed by atoms with Crippen LogP contribution in [0.1, 0.15) is 5.56 Å². The van der Waals surface area contributed by atoms with Crippen molar-refractivity contribution in [2.45, 2.75) is 6.54 Å². The SMILES string of the molecule is c1ccc(CN2CCN(c3nncc(Nc4ccc5c(c4)OCO5)n3)CC2)cc1. The molecule has 8 nitrogen and oxygen atoms in total. The summed E-state index contributed by atoms with van der Waals surface area (Å²) >= 11 is 0.